The van der Waals surface area contributed by atoms with E-state index >= 15 is 0 Å². The van der Waals surface area contributed by atoms with Crippen LogP contribution in [0.25, 0.3) is 0 Å². The summed E-state index contributed by atoms with van der Waals surface area (Å²) in [6.45, 7) is 2.53. The Labute approximate surface area is 165 Å². The fourth-order valence-electron chi connectivity index (χ4n) is 2.30. The normalized spacial score (nSPS) is 10.4. The third-order valence-electron chi connectivity index (χ3n) is 3.57. The molecule has 3 aromatic rings. The molecule has 0 amide bonds. The van der Waals surface area contributed by atoms with Crippen molar-refractivity contribution in [3.05, 3.63) is 54.1 Å². The summed E-state index contributed by atoms with van der Waals surface area (Å²) >= 11 is 2.77. The smallest absolute Gasteiger partial charge is 0.210 e. The van der Waals surface area contributed by atoms with E-state index in [1.807, 2.05) is 43.3 Å². The molecule has 27 heavy (non-hydrogen) atoms. The Kier molecular flexibility index (Phi) is 6.67. The summed E-state index contributed by atoms with van der Waals surface area (Å²) in [4.78, 5) is 12.3. The van der Waals surface area contributed by atoms with Crippen molar-refractivity contribution >= 4 is 39.7 Å². The number of methoxy groups -OCH3 is 1. The largest absolute Gasteiger partial charge is 0.495 e. The maximum atomic E-state index is 12.3. The molecule has 0 aliphatic heterocycles. The van der Waals surface area contributed by atoms with Crippen LogP contribution in [0.15, 0.2) is 52.9 Å². The molecule has 0 bridgehead atoms. The SMILES string of the molecule is CCOc1ccc(C(=O)CSc2nnc(Nc3ccccc3OC)s2)cc1. The molecule has 3 rings (SSSR count). The molecule has 0 unspecified atom stereocenters. The van der Waals surface area contributed by atoms with Gasteiger partial charge in [-0.05, 0) is 43.3 Å². The van der Waals surface area contributed by atoms with Crippen LogP contribution in [0.3, 0.4) is 0 Å². The molecule has 0 aliphatic carbocycles. The Bertz CT molecular complexity index is 897. The topological polar surface area (TPSA) is 73.3 Å². The minimum atomic E-state index is 0.0393. The van der Waals surface area contributed by atoms with E-state index in [-0.39, 0.29) is 5.78 Å². The van der Waals surface area contributed by atoms with Crippen molar-refractivity contribution in [2.45, 2.75) is 11.3 Å². The van der Waals surface area contributed by atoms with E-state index in [4.69, 9.17) is 9.47 Å². The quantitative estimate of drug-likeness (QED) is 0.413. The molecule has 8 heteroatoms. The highest BCUT2D eigenvalue weighted by Crippen LogP contribution is 2.31. The predicted octanol–water partition coefficient (Wildman–Crippen LogP) is 4.66. The molecular formula is C19H19N3O3S2. The molecule has 0 saturated heterocycles. The Morgan fingerprint density at radius 1 is 1.15 bits per heavy atom. The van der Waals surface area contributed by atoms with Crippen LogP contribution >= 0.6 is 23.1 Å². The summed E-state index contributed by atoms with van der Waals surface area (Å²) in [6, 6.07) is 14.8. The van der Waals surface area contributed by atoms with Gasteiger partial charge < -0.3 is 14.8 Å². The first kappa shape index (κ1) is 19.2. The summed E-state index contributed by atoms with van der Waals surface area (Å²) in [6.07, 6.45) is 0. The first-order chi connectivity index (χ1) is 13.2. The molecule has 1 aromatic heterocycles. The van der Waals surface area contributed by atoms with Crippen molar-refractivity contribution in [1.29, 1.82) is 0 Å². The van der Waals surface area contributed by atoms with Gasteiger partial charge in [-0.1, -0.05) is 35.2 Å². The van der Waals surface area contributed by atoms with Gasteiger partial charge in [-0.3, -0.25) is 4.79 Å². The van der Waals surface area contributed by atoms with Crippen LogP contribution in [-0.4, -0.2) is 35.5 Å². The van der Waals surface area contributed by atoms with Crippen LogP contribution in [0.1, 0.15) is 17.3 Å². The first-order valence-electron chi connectivity index (χ1n) is 8.32. The third-order valence-corrected chi connectivity index (χ3v) is 5.54. The van der Waals surface area contributed by atoms with E-state index < -0.39 is 0 Å². The highest BCUT2D eigenvalue weighted by Gasteiger charge is 2.11. The van der Waals surface area contributed by atoms with Gasteiger partial charge in [0.2, 0.25) is 5.13 Å². The number of nitrogens with one attached hydrogen (secondary N) is 1. The first-order valence-corrected chi connectivity index (χ1v) is 10.1. The lowest BCUT2D eigenvalue weighted by atomic mass is 10.1. The Morgan fingerprint density at radius 3 is 2.67 bits per heavy atom. The highest BCUT2D eigenvalue weighted by molar-refractivity contribution is 8.01. The summed E-state index contributed by atoms with van der Waals surface area (Å²) in [5, 5.41) is 12.1. The lowest BCUT2D eigenvalue weighted by Crippen LogP contribution is -2.02. The van der Waals surface area contributed by atoms with Crippen LogP contribution < -0.4 is 14.8 Å². The van der Waals surface area contributed by atoms with Gasteiger partial charge >= 0.3 is 0 Å². The van der Waals surface area contributed by atoms with Crippen molar-refractivity contribution in [2.75, 3.05) is 24.8 Å². The van der Waals surface area contributed by atoms with Crippen molar-refractivity contribution in [2.24, 2.45) is 0 Å². The zero-order chi connectivity index (χ0) is 19.1. The number of Topliss-reactive ketones (excluding diaryl/α,β-unsaturated/α-hetero) is 1. The number of hydrogen-bond acceptors (Lipinski definition) is 8. The predicted molar refractivity (Wildman–Crippen MR) is 109 cm³/mol. The second-order valence-corrected chi connectivity index (χ2v) is 7.57. The molecule has 1 heterocycles. The monoisotopic (exact) mass is 401 g/mol. The van der Waals surface area contributed by atoms with E-state index in [2.05, 4.69) is 15.5 Å². The molecule has 0 spiro atoms. The Balaban J connectivity index is 1.57. The molecule has 6 nitrogen and oxygen atoms in total. The number of thioether (sulfide) groups is 1. The van der Waals surface area contributed by atoms with Crippen LogP contribution in [0.5, 0.6) is 11.5 Å². The summed E-state index contributed by atoms with van der Waals surface area (Å²) in [5.74, 6) is 1.83. The molecule has 0 fully saturated rings. The van der Waals surface area contributed by atoms with Gasteiger partial charge in [0, 0.05) is 5.56 Å². The molecule has 0 radical (unpaired) electrons. The molecule has 0 saturated carbocycles. The highest BCUT2D eigenvalue weighted by atomic mass is 32.2. The average molecular weight is 402 g/mol. The van der Waals surface area contributed by atoms with Crippen molar-refractivity contribution in [1.82, 2.24) is 10.2 Å². The number of para-hydroxylation sites is 2. The van der Waals surface area contributed by atoms with Gasteiger partial charge in [-0.25, -0.2) is 0 Å². The van der Waals surface area contributed by atoms with E-state index in [1.165, 1.54) is 23.1 Å². The zero-order valence-corrected chi connectivity index (χ0v) is 16.6. The number of anilines is 2. The van der Waals surface area contributed by atoms with E-state index in [9.17, 15) is 4.79 Å². The van der Waals surface area contributed by atoms with Crippen LogP contribution in [0.4, 0.5) is 10.8 Å². The zero-order valence-electron chi connectivity index (χ0n) is 15.0. The van der Waals surface area contributed by atoms with Gasteiger partial charge in [0.05, 0.1) is 25.2 Å². The van der Waals surface area contributed by atoms with Crippen LogP contribution in [0.2, 0.25) is 0 Å². The molecule has 140 valence electrons. The number of ketones is 1. The van der Waals surface area contributed by atoms with Crippen LogP contribution in [-0.2, 0) is 0 Å². The van der Waals surface area contributed by atoms with Gasteiger partial charge in [-0.2, -0.15) is 0 Å². The Hall–Kier alpha value is -2.58. The number of carbonyl (C=O) groups is 1. The number of aromatic nitrogens is 2. The minimum Gasteiger partial charge on any atom is -0.495 e. The molecule has 2 aromatic carbocycles. The summed E-state index contributed by atoms with van der Waals surface area (Å²) in [7, 11) is 1.62. The number of nitrogens with zero attached hydrogens (tertiary/aromatic N) is 2. The van der Waals surface area contributed by atoms with E-state index in [1.54, 1.807) is 19.2 Å². The molecular weight excluding hydrogens is 382 g/mol. The molecule has 0 aliphatic rings. The second kappa shape index (κ2) is 9.38. The summed E-state index contributed by atoms with van der Waals surface area (Å²) < 4.78 is 11.4. The molecule has 0 atom stereocenters. The fourth-order valence-corrected chi connectivity index (χ4v) is 3.95. The van der Waals surface area contributed by atoms with E-state index in [0.717, 1.165) is 21.5 Å². The maximum absolute atomic E-state index is 12.3. The van der Waals surface area contributed by atoms with Gasteiger partial charge in [0.25, 0.3) is 0 Å². The number of ether oxygens (including phenoxy) is 2. The Morgan fingerprint density at radius 2 is 1.93 bits per heavy atom. The minimum absolute atomic E-state index is 0.0393. The number of hydrogen-bond donors (Lipinski definition) is 1. The van der Waals surface area contributed by atoms with Gasteiger partial charge in [0.1, 0.15) is 11.5 Å². The molecule has 1 N–H and O–H groups in total. The van der Waals surface area contributed by atoms with Crippen molar-refractivity contribution in [3.63, 3.8) is 0 Å². The van der Waals surface area contributed by atoms with E-state index in [0.29, 0.717) is 23.1 Å². The second-order valence-electron chi connectivity index (χ2n) is 5.37. The van der Waals surface area contributed by atoms with Crippen molar-refractivity contribution < 1.29 is 14.3 Å². The fraction of sp³-hybridized carbons (Fsp3) is 0.211. The average Bonchev–Trinajstić information content (AvgIpc) is 3.15. The standard InChI is InChI=1S/C19H19N3O3S2/c1-3-25-14-10-8-13(9-11-14)16(23)12-26-19-22-21-18(27-19)20-15-6-4-5-7-17(15)24-2/h4-11H,3,12H2,1-2H3,(H,20,21). The number of rotatable bonds is 9. The third kappa shape index (κ3) is 5.21. The summed E-state index contributed by atoms with van der Waals surface area (Å²) in [5.41, 5.74) is 1.47. The van der Waals surface area contributed by atoms with Crippen LogP contribution in [0, 0.1) is 0 Å². The van der Waals surface area contributed by atoms with Gasteiger partial charge in [0.15, 0.2) is 10.1 Å². The van der Waals surface area contributed by atoms with Gasteiger partial charge in [-0.15, -0.1) is 10.2 Å². The maximum Gasteiger partial charge on any atom is 0.210 e. The number of carbonyl (C=O) groups excluding carboxylic acids is 1. The lowest BCUT2D eigenvalue weighted by Gasteiger charge is -2.07. The lowest BCUT2D eigenvalue weighted by molar-refractivity contribution is 0.102. The number of benzene rings is 2. The van der Waals surface area contributed by atoms with Crippen molar-refractivity contribution in [3.8, 4) is 11.5 Å².